The Morgan fingerprint density at radius 1 is 1.59 bits per heavy atom. The van der Waals surface area contributed by atoms with Gasteiger partial charge in [0.1, 0.15) is 0 Å². The summed E-state index contributed by atoms with van der Waals surface area (Å²) in [4.78, 5) is 18.0. The van der Waals surface area contributed by atoms with E-state index in [9.17, 15) is 4.79 Å². The summed E-state index contributed by atoms with van der Waals surface area (Å²) in [5.74, 6) is 0.0150. The van der Waals surface area contributed by atoms with Crippen molar-refractivity contribution in [3.63, 3.8) is 0 Å². The fourth-order valence-corrected chi connectivity index (χ4v) is 2.76. The van der Waals surface area contributed by atoms with Crippen molar-refractivity contribution in [2.45, 2.75) is 25.9 Å². The minimum Gasteiger partial charge on any atom is -0.309 e. The van der Waals surface area contributed by atoms with Gasteiger partial charge >= 0.3 is 0 Å². The van der Waals surface area contributed by atoms with Gasteiger partial charge in [-0.15, -0.1) is 11.3 Å². The Hall–Kier alpha value is -0.980. The summed E-state index contributed by atoms with van der Waals surface area (Å²) in [7, 11) is 0. The van der Waals surface area contributed by atoms with E-state index in [1.807, 2.05) is 5.38 Å². The number of hydrogen-bond donors (Lipinski definition) is 2. The second-order valence-corrected chi connectivity index (χ2v) is 5.44. The van der Waals surface area contributed by atoms with Crippen molar-refractivity contribution in [3.05, 3.63) is 11.6 Å². The molecule has 2 unspecified atom stereocenters. The van der Waals surface area contributed by atoms with E-state index in [1.165, 1.54) is 11.3 Å². The molecule has 17 heavy (non-hydrogen) atoms. The third-order valence-electron chi connectivity index (χ3n) is 2.68. The fraction of sp³-hybridized carbons (Fsp3) is 0.636. The van der Waals surface area contributed by atoms with Gasteiger partial charge in [-0.1, -0.05) is 0 Å². The lowest BCUT2D eigenvalue weighted by molar-refractivity contribution is -0.117. The van der Waals surface area contributed by atoms with Crippen LogP contribution in [-0.2, 0) is 4.79 Å². The van der Waals surface area contributed by atoms with Crippen LogP contribution >= 0.6 is 11.3 Å². The molecule has 1 saturated heterocycles. The molecule has 1 aromatic rings. The van der Waals surface area contributed by atoms with Gasteiger partial charge in [-0.25, -0.2) is 4.98 Å². The van der Waals surface area contributed by atoms with Crippen LogP contribution in [0.3, 0.4) is 0 Å². The minimum atomic E-state index is 0.0150. The average molecular weight is 254 g/mol. The van der Waals surface area contributed by atoms with E-state index in [0.29, 0.717) is 23.8 Å². The molecule has 0 saturated carbocycles. The fourth-order valence-electron chi connectivity index (χ4n) is 2.22. The molecule has 1 amide bonds. The summed E-state index contributed by atoms with van der Waals surface area (Å²) in [6, 6.07) is 0.873. The molecule has 6 heteroatoms. The van der Waals surface area contributed by atoms with Crippen LogP contribution in [-0.4, -0.2) is 47.5 Å². The number of thiazole rings is 1. The highest BCUT2D eigenvalue weighted by molar-refractivity contribution is 7.13. The van der Waals surface area contributed by atoms with E-state index in [-0.39, 0.29) is 5.91 Å². The highest BCUT2D eigenvalue weighted by Gasteiger charge is 2.22. The van der Waals surface area contributed by atoms with Crippen molar-refractivity contribution < 1.29 is 4.79 Å². The van der Waals surface area contributed by atoms with Gasteiger partial charge in [-0.05, 0) is 13.8 Å². The number of piperazine rings is 1. The third-order valence-corrected chi connectivity index (χ3v) is 3.37. The number of carbonyl (C=O) groups excluding carboxylic acids is 1. The van der Waals surface area contributed by atoms with Crippen LogP contribution in [0.1, 0.15) is 13.8 Å². The number of carbonyl (C=O) groups is 1. The van der Waals surface area contributed by atoms with Crippen molar-refractivity contribution in [2.75, 3.05) is 25.0 Å². The number of nitrogens with one attached hydrogen (secondary N) is 2. The Kier molecular flexibility index (Phi) is 4.09. The summed E-state index contributed by atoms with van der Waals surface area (Å²) in [6.45, 7) is 6.55. The van der Waals surface area contributed by atoms with Crippen LogP contribution in [0.15, 0.2) is 11.6 Å². The molecule has 2 atom stereocenters. The Bertz CT molecular complexity index is 358. The molecule has 0 aliphatic carbocycles. The molecule has 1 fully saturated rings. The second-order valence-electron chi connectivity index (χ2n) is 4.55. The maximum atomic E-state index is 11.8. The smallest absolute Gasteiger partial charge is 0.240 e. The monoisotopic (exact) mass is 254 g/mol. The van der Waals surface area contributed by atoms with Gasteiger partial charge in [-0.3, -0.25) is 9.69 Å². The number of hydrogen-bond acceptors (Lipinski definition) is 5. The summed E-state index contributed by atoms with van der Waals surface area (Å²) < 4.78 is 0. The molecule has 94 valence electrons. The van der Waals surface area contributed by atoms with Crippen LogP contribution in [0.4, 0.5) is 5.13 Å². The molecule has 2 N–H and O–H groups in total. The highest BCUT2D eigenvalue weighted by Crippen LogP contribution is 2.10. The Morgan fingerprint density at radius 3 is 2.88 bits per heavy atom. The molecule has 1 aromatic heterocycles. The molecule has 0 aromatic carbocycles. The lowest BCUT2D eigenvalue weighted by Gasteiger charge is -2.35. The first kappa shape index (κ1) is 12.5. The van der Waals surface area contributed by atoms with Crippen molar-refractivity contribution in [3.8, 4) is 0 Å². The number of nitrogens with zero attached hydrogens (tertiary/aromatic N) is 2. The number of amides is 1. The number of rotatable bonds is 3. The Labute approximate surface area is 105 Å². The van der Waals surface area contributed by atoms with Crippen LogP contribution < -0.4 is 10.6 Å². The van der Waals surface area contributed by atoms with Gasteiger partial charge in [-0.2, -0.15) is 0 Å². The Morgan fingerprint density at radius 2 is 2.29 bits per heavy atom. The largest absolute Gasteiger partial charge is 0.309 e. The van der Waals surface area contributed by atoms with E-state index in [2.05, 4.69) is 34.4 Å². The van der Waals surface area contributed by atoms with Gasteiger partial charge in [0.05, 0.1) is 6.54 Å². The van der Waals surface area contributed by atoms with E-state index in [1.54, 1.807) is 6.20 Å². The molecule has 5 nitrogen and oxygen atoms in total. The molecular weight excluding hydrogens is 236 g/mol. The quantitative estimate of drug-likeness (QED) is 0.836. The van der Waals surface area contributed by atoms with Crippen LogP contribution in [0.5, 0.6) is 0 Å². The molecule has 2 heterocycles. The average Bonchev–Trinajstić information content (AvgIpc) is 2.67. The molecule has 1 aliphatic rings. The summed E-state index contributed by atoms with van der Waals surface area (Å²) in [5.41, 5.74) is 0. The third kappa shape index (κ3) is 3.76. The Balaban J connectivity index is 1.82. The molecule has 0 bridgehead atoms. The topological polar surface area (TPSA) is 57.3 Å². The summed E-state index contributed by atoms with van der Waals surface area (Å²) in [6.07, 6.45) is 1.69. The van der Waals surface area contributed by atoms with E-state index in [4.69, 9.17) is 0 Å². The van der Waals surface area contributed by atoms with Crippen molar-refractivity contribution in [2.24, 2.45) is 0 Å². The van der Waals surface area contributed by atoms with Gasteiger partial charge in [0.25, 0.3) is 0 Å². The van der Waals surface area contributed by atoms with Gasteiger partial charge < -0.3 is 10.6 Å². The number of aromatic nitrogens is 1. The normalized spacial score (nSPS) is 25.8. The second kappa shape index (κ2) is 5.57. The lowest BCUT2D eigenvalue weighted by atomic mass is 10.1. The SMILES string of the molecule is CC1CN(CC(=O)Nc2nccs2)CC(C)N1. The maximum Gasteiger partial charge on any atom is 0.240 e. The molecular formula is C11H18N4OS. The van der Waals surface area contributed by atoms with Crippen LogP contribution in [0.25, 0.3) is 0 Å². The zero-order valence-electron chi connectivity index (χ0n) is 10.1. The molecule has 2 rings (SSSR count). The standard InChI is InChI=1S/C11H18N4OS/c1-8-5-15(6-9(2)13-8)7-10(16)14-11-12-3-4-17-11/h3-4,8-9,13H,5-7H2,1-2H3,(H,12,14,16). The lowest BCUT2D eigenvalue weighted by Crippen LogP contribution is -2.55. The molecule has 0 spiro atoms. The minimum absolute atomic E-state index is 0.0150. The van der Waals surface area contributed by atoms with Crippen LogP contribution in [0, 0.1) is 0 Å². The van der Waals surface area contributed by atoms with Gasteiger partial charge in [0.2, 0.25) is 5.91 Å². The highest BCUT2D eigenvalue weighted by atomic mass is 32.1. The van der Waals surface area contributed by atoms with Gasteiger partial charge in [0.15, 0.2) is 5.13 Å². The van der Waals surface area contributed by atoms with Gasteiger partial charge in [0, 0.05) is 36.8 Å². The predicted molar refractivity (Wildman–Crippen MR) is 69.2 cm³/mol. The molecule has 0 radical (unpaired) electrons. The predicted octanol–water partition coefficient (Wildman–Crippen LogP) is 0.764. The van der Waals surface area contributed by atoms with Crippen molar-refractivity contribution in [1.82, 2.24) is 15.2 Å². The first-order valence-electron chi connectivity index (χ1n) is 5.81. The first-order valence-corrected chi connectivity index (χ1v) is 6.69. The van der Waals surface area contributed by atoms with Crippen molar-refractivity contribution >= 4 is 22.4 Å². The first-order chi connectivity index (χ1) is 8.13. The zero-order valence-corrected chi connectivity index (χ0v) is 11.0. The van der Waals surface area contributed by atoms with E-state index in [0.717, 1.165) is 13.1 Å². The summed E-state index contributed by atoms with van der Waals surface area (Å²) >= 11 is 1.44. The van der Waals surface area contributed by atoms with E-state index >= 15 is 0 Å². The van der Waals surface area contributed by atoms with Crippen molar-refractivity contribution in [1.29, 1.82) is 0 Å². The maximum absolute atomic E-state index is 11.8. The van der Waals surface area contributed by atoms with E-state index < -0.39 is 0 Å². The zero-order chi connectivity index (χ0) is 12.3. The molecule has 1 aliphatic heterocycles. The van der Waals surface area contributed by atoms with Crippen LogP contribution in [0.2, 0.25) is 0 Å². The number of anilines is 1. The summed E-state index contributed by atoms with van der Waals surface area (Å²) in [5, 5.41) is 8.77.